The third-order valence-corrected chi connectivity index (χ3v) is 2.52. The fourth-order valence-corrected chi connectivity index (χ4v) is 1.75. The minimum Gasteiger partial charge on any atom is -0.496 e. The SMILES string of the molecule is COc1ccc(Br)cc1CN(C)CC#N. The van der Waals surface area contributed by atoms with Crippen molar-refractivity contribution in [3.05, 3.63) is 28.2 Å². The molecule has 0 aliphatic rings. The molecule has 0 aliphatic carbocycles. The molecule has 0 spiro atoms. The first-order valence-corrected chi connectivity index (χ1v) is 5.34. The van der Waals surface area contributed by atoms with E-state index in [1.807, 2.05) is 30.1 Å². The first-order valence-electron chi connectivity index (χ1n) is 4.55. The van der Waals surface area contributed by atoms with Gasteiger partial charge in [-0.1, -0.05) is 15.9 Å². The minimum atomic E-state index is 0.412. The molecule has 0 bridgehead atoms. The molecular weight excluding hydrogens is 256 g/mol. The van der Waals surface area contributed by atoms with Crippen LogP contribution in [0, 0.1) is 11.3 Å². The first kappa shape index (κ1) is 12.0. The molecule has 0 saturated heterocycles. The van der Waals surface area contributed by atoms with E-state index in [9.17, 15) is 0 Å². The summed E-state index contributed by atoms with van der Waals surface area (Å²) in [7, 11) is 3.56. The predicted molar refractivity (Wildman–Crippen MR) is 62.6 cm³/mol. The minimum absolute atomic E-state index is 0.412. The van der Waals surface area contributed by atoms with Gasteiger partial charge in [0.1, 0.15) is 5.75 Å². The van der Waals surface area contributed by atoms with Crippen molar-refractivity contribution >= 4 is 15.9 Å². The van der Waals surface area contributed by atoms with Crippen molar-refractivity contribution in [2.45, 2.75) is 6.54 Å². The maximum Gasteiger partial charge on any atom is 0.123 e. The number of hydrogen-bond donors (Lipinski definition) is 0. The van der Waals surface area contributed by atoms with Gasteiger partial charge < -0.3 is 4.74 Å². The predicted octanol–water partition coefficient (Wildman–Crippen LogP) is 2.41. The van der Waals surface area contributed by atoms with Gasteiger partial charge in [0.2, 0.25) is 0 Å². The fraction of sp³-hybridized carbons (Fsp3) is 0.364. The average Bonchev–Trinajstić information content (AvgIpc) is 2.18. The summed E-state index contributed by atoms with van der Waals surface area (Å²) in [5.74, 6) is 0.850. The van der Waals surface area contributed by atoms with Crippen LogP contribution in [0.5, 0.6) is 5.75 Å². The lowest BCUT2D eigenvalue weighted by molar-refractivity contribution is 0.349. The van der Waals surface area contributed by atoms with E-state index < -0.39 is 0 Å². The van der Waals surface area contributed by atoms with Crippen LogP contribution >= 0.6 is 15.9 Å². The zero-order valence-corrected chi connectivity index (χ0v) is 10.4. The molecule has 0 unspecified atom stereocenters. The van der Waals surface area contributed by atoms with E-state index in [1.54, 1.807) is 7.11 Å². The van der Waals surface area contributed by atoms with E-state index in [0.717, 1.165) is 15.8 Å². The van der Waals surface area contributed by atoms with Gasteiger partial charge in [-0.3, -0.25) is 4.90 Å². The maximum atomic E-state index is 8.56. The highest BCUT2D eigenvalue weighted by Crippen LogP contribution is 2.23. The normalized spacial score (nSPS) is 10.1. The van der Waals surface area contributed by atoms with Gasteiger partial charge in [-0.2, -0.15) is 5.26 Å². The van der Waals surface area contributed by atoms with Crippen LogP contribution in [0.1, 0.15) is 5.56 Å². The Hall–Kier alpha value is -1.05. The maximum absolute atomic E-state index is 8.56. The van der Waals surface area contributed by atoms with Gasteiger partial charge >= 0.3 is 0 Å². The van der Waals surface area contributed by atoms with Crippen LogP contribution in [0.4, 0.5) is 0 Å². The van der Waals surface area contributed by atoms with Crippen molar-refractivity contribution in [3.8, 4) is 11.8 Å². The molecule has 0 radical (unpaired) electrons. The summed E-state index contributed by atoms with van der Waals surface area (Å²) in [5.41, 5.74) is 1.07. The van der Waals surface area contributed by atoms with Crippen LogP contribution < -0.4 is 4.74 Å². The topological polar surface area (TPSA) is 36.3 Å². The number of nitrogens with zero attached hydrogens (tertiary/aromatic N) is 2. The van der Waals surface area contributed by atoms with E-state index in [1.165, 1.54) is 0 Å². The fourth-order valence-electron chi connectivity index (χ4n) is 1.34. The molecule has 0 atom stereocenters. The molecule has 1 aromatic rings. The van der Waals surface area contributed by atoms with Crippen molar-refractivity contribution in [1.82, 2.24) is 4.90 Å². The summed E-state index contributed by atoms with van der Waals surface area (Å²) in [6.07, 6.45) is 0. The monoisotopic (exact) mass is 268 g/mol. The second kappa shape index (κ2) is 5.74. The van der Waals surface area contributed by atoms with Gasteiger partial charge in [0, 0.05) is 16.6 Å². The Balaban J connectivity index is 2.83. The molecule has 0 heterocycles. The van der Waals surface area contributed by atoms with Crippen LogP contribution in [0.2, 0.25) is 0 Å². The Bertz CT molecular complexity index is 373. The second-order valence-corrected chi connectivity index (χ2v) is 4.20. The van der Waals surface area contributed by atoms with Gasteiger partial charge in [-0.05, 0) is 25.2 Å². The molecule has 0 aliphatic heterocycles. The smallest absolute Gasteiger partial charge is 0.123 e. The highest BCUT2D eigenvalue weighted by atomic mass is 79.9. The van der Waals surface area contributed by atoms with Crippen LogP contribution in [0.3, 0.4) is 0 Å². The summed E-state index contributed by atoms with van der Waals surface area (Å²) < 4.78 is 6.27. The molecule has 0 amide bonds. The Labute approximate surface area is 98.4 Å². The second-order valence-electron chi connectivity index (χ2n) is 3.29. The van der Waals surface area contributed by atoms with Crippen molar-refractivity contribution in [2.24, 2.45) is 0 Å². The van der Waals surface area contributed by atoms with Gasteiger partial charge in [0.15, 0.2) is 0 Å². The number of ether oxygens (including phenoxy) is 1. The molecule has 0 N–H and O–H groups in total. The number of rotatable bonds is 4. The molecule has 0 fully saturated rings. The largest absolute Gasteiger partial charge is 0.496 e. The van der Waals surface area contributed by atoms with Gasteiger partial charge in [-0.15, -0.1) is 0 Å². The van der Waals surface area contributed by atoms with E-state index in [4.69, 9.17) is 10.00 Å². The Morgan fingerprint density at radius 1 is 1.53 bits per heavy atom. The van der Waals surface area contributed by atoms with E-state index in [2.05, 4.69) is 22.0 Å². The summed E-state index contributed by atoms with van der Waals surface area (Å²) in [5, 5.41) is 8.56. The number of methoxy groups -OCH3 is 1. The highest BCUT2D eigenvalue weighted by Gasteiger charge is 2.06. The molecule has 15 heavy (non-hydrogen) atoms. The molecule has 1 rings (SSSR count). The third-order valence-electron chi connectivity index (χ3n) is 2.02. The lowest BCUT2D eigenvalue weighted by Crippen LogP contribution is -2.18. The van der Waals surface area contributed by atoms with Crippen molar-refractivity contribution in [3.63, 3.8) is 0 Å². The van der Waals surface area contributed by atoms with E-state index in [0.29, 0.717) is 13.1 Å². The Morgan fingerprint density at radius 3 is 2.87 bits per heavy atom. The van der Waals surface area contributed by atoms with Gasteiger partial charge in [-0.25, -0.2) is 0 Å². The lowest BCUT2D eigenvalue weighted by atomic mass is 10.2. The van der Waals surface area contributed by atoms with Crippen molar-refractivity contribution in [2.75, 3.05) is 20.7 Å². The van der Waals surface area contributed by atoms with Crippen molar-refractivity contribution in [1.29, 1.82) is 5.26 Å². The number of halogens is 1. The van der Waals surface area contributed by atoms with Crippen LogP contribution in [0.15, 0.2) is 22.7 Å². The highest BCUT2D eigenvalue weighted by molar-refractivity contribution is 9.10. The molecule has 0 saturated carbocycles. The average molecular weight is 269 g/mol. The third kappa shape index (κ3) is 3.54. The zero-order valence-electron chi connectivity index (χ0n) is 8.83. The Kier molecular flexibility index (Phi) is 4.60. The first-order chi connectivity index (χ1) is 7.17. The van der Waals surface area contributed by atoms with Gasteiger partial charge in [0.25, 0.3) is 0 Å². The summed E-state index contributed by atoms with van der Waals surface area (Å²) >= 11 is 3.42. The molecule has 4 heteroatoms. The molecule has 0 aromatic heterocycles. The molecular formula is C11H13BrN2O. The summed E-state index contributed by atoms with van der Waals surface area (Å²) in [6, 6.07) is 7.97. The zero-order chi connectivity index (χ0) is 11.3. The van der Waals surface area contributed by atoms with Crippen LogP contribution in [-0.4, -0.2) is 25.6 Å². The molecule has 3 nitrogen and oxygen atoms in total. The van der Waals surface area contributed by atoms with E-state index in [-0.39, 0.29) is 0 Å². The van der Waals surface area contributed by atoms with E-state index >= 15 is 0 Å². The van der Waals surface area contributed by atoms with Crippen molar-refractivity contribution < 1.29 is 4.74 Å². The Morgan fingerprint density at radius 2 is 2.27 bits per heavy atom. The summed E-state index contributed by atoms with van der Waals surface area (Å²) in [6.45, 7) is 1.12. The molecule has 80 valence electrons. The van der Waals surface area contributed by atoms with Gasteiger partial charge in [0.05, 0.1) is 19.7 Å². The number of benzene rings is 1. The standard InChI is InChI=1S/C11H13BrN2O/c1-14(6-5-13)8-9-7-10(12)3-4-11(9)15-2/h3-4,7H,6,8H2,1-2H3. The lowest BCUT2D eigenvalue weighted by Gasteiger charge is -2.15. The number of nitriles is 1. The molecule has 1 aromatic carbocycles. The summed E-state index contributed by atoms with van der Waals surface area (Å²) in [4.78, 5) is 1.93. The number of hydrogen-bond acceptors (Lipinski definition) is 3. The van der Waals surface area contributed by atoms with Crippen LogP contribution in [-0.2, 0) is 6.54 Å². The quantitative estimate of drug-likeness (QED) is 0.787. The van der Waals surface area contributed by atoms with Crippen LogP contribution in [0.25, 0.3) is 0 Å².